The average molecular weight is 327 g/mol. The largest absolute Gasteiger partial charge is 0.425 e. The first kappa shape index (κ1) is 15.0. The summed E-state index contributed by atoms with van der Waals surface area (Å²) in [6.07, 6.45) is -0.0751. The minimum Gasteiger partial charge on any atom is -0.425 e. The molecule has 2 atom stereocenters. The van der Waals surface area contributed by atoms with Crippen LogP contribution in [0.3, 0.4) is 0 Å². The van der Waals surface area contributed by atoms with E-state index in [1.54, 1.807) is 29.2 Å². The molecule has 0 bridgehead atoms. The van der Waals surface area contributed by atoms with Crippen LogP contribution in [-0.2, 0) is 4.74 Å². The van der Waals surface area contributed by atoms with Crippen LogP contribution < -0.4 is 5.43 Å². The van der Waals surface area contributed by atoms with Crippen LogP contribution in [0.4, 0.5) is 0 Å². The van der Waals surface area contributed by atoms with Gasteiger partial charge >= 0.3 is 5.78 Å². The van der Waals surface area contributed by atoms with E-state index in [-0.39, 0.29) is 40.5 Å². The van der Waals surface area contributed by atoms with Crippen molar-refractivity contribution < 1.29 is 18.4 Å². The number of para-hydroxylation sites is 1. The van der Waals surface area contributed by atoms with Gasteiger partial charge in [0.25, 0.3) is 5.91 Å². The Balaban J connectivity index is 1.77. The first-order valence-corrected chi connectivity index (χ1v) is 7.93. The van der Waals surface area contributed by atoms with Gasteiger partial charge in [-0.1, -0.05) is 12.1 Å². The molecule has 1 aromatic carbocycles. The van der Waals surface area contributed by atoms with Crippen molar-refractivity contribution in [2.45, 2.75) is 26.1 Å². The SMILES string of the molecule is CC1CN(C(=O)c2cc3c(=O)c4ccccc4oc3o2)CC(C)O1. The van der Waals surface area contributed by atoms with Crippen LogP contribution >= 0.6 is 0 Å². The van der Waals surface area contributed by atoms with Gasteiger partial charge in [0, 0.05) is 19.2 Å². The van der Waals surface area contributed by atoms with Gasteiger partial charge in [-0.25, -0.2) is 0 Å². The number of benzene rings is 1. The number of rotatable bonds is 1. The number of carbonyl (C=O) groups excluding carboxylic acids is 1. The summed E-state index contributed by atoms with van der Waals surface area (Å²) in [7, 11) is 0. The topological polar surface area (TPSA) is 72.9 Å². The lowest BCUT2D eigenvalue weighted by atomic mass is 10.2. The van der Waals surface area contributed by atoms with Crippen molar-refractivity contribution >= 4 is 28.0 Å². The van der Waals surface area contributed by atoms with E-state index in [1.807, 2.05) is 13.8 Å². The molecule has 6 heteroatoms. The molecule has 4 rings (SSSR count). The number of furan rings is 1. The van der Waals surface area contributed by atoms with Crippen LogP contribution in [0.5, 0.6) is 0 Å². The lowest BCUT2D eigenvalue weighted by molar-refractivity contribution is -0.0592. The molecule has 3 aromatic rings. The van der Waals surface area contributed by atoms with E-state index in [0.29, 0.717) is 24.1 Å². The molecule has 1 aliphatic rings. The zero-order valence-corrected chi connectivity index (χ0v) is 13.4. The Labute approximate surface area is 137 Å². The van der Waals surface area contributed by atoms with Crippen molar-refractivity contribution in [1.82, 2.24) is 4.90 Å². The Morgan fingerprint density at radius 2 is 1.79 bits per heavy atom. The van der Waals surface area contributed by atoms with Crippen LogP contribution in [0, 0.1) is 0 Å². The average Bonchev–Trinajstić information content (AvgIpc) is 2.98. The third-order valence-electron chi connectivity index (χ3n) is 4.19. The Morgan fingerprint density at radius 3 is 2.54 bits per heavy atom. The van der Waals surface area contributed by atoms with Gasteiger partial charge in [0.1, 0.15) is 11.0 Å². The van der Waals surface area contributed by atoms with Crippen LogP contribution in [0.1, 0.15) is 24.4 Å². The summed E-state index contributed by atoms with van der Waals surface area (Å²) >= 11 is 0. The van der Waals surface area contributed by atoms with Crippen molar-refractivity contribution in [2.75, 3.05) is 13.1 Å². The maximum absolute atomic E-state index is 12.7. The fourth-order valence-electron chi connectivity index (χ4n) is 3.20. The Morgan fingerprint density at radius 1 is 1.08 bits per heavy atom. The molecule has 1 saturated heterocycles. The van der Waals surface area contributed by atoms with Crippen LogP contribution in [0.15, 0.2) is 44.0 Å². The highest BCUT2D eigenvalue weighted by Gasteiger charge is 2.29. The lowest BCUT2D eigenvalue weighted by Gasteiger charge is -2.34. The number of hydrogen-bond donors (Lipinski definition) is 0. The van der Waals surface area contributed by atoms with Crippen molar-refractivity contribution in [2.24, 2.45) is 0 Å². The molecule has 124 valence electrons. The van der Waals surface area contributed by atoms with Crippen molar-refractivity contribution in [3.8, 4) is 0 Å². The summed E-state index contributed by atoms with van der Waals surface area (Å²) in [6, 6.07) is 8.42. The molecule has 0 N–H and O–H groups in total. The second-order valence-electron chi connectivity index (χ2n) is 6.21. The molecular weight excluding hydrogens is 310 g/mol. The summed E-state index contributed by atoms with van der Waals surface area (Å²) in [6.45, 7) is 4.83. The molecule has 1 fully saturated rings. The molecule has 6 nitrogen and oxygen atoms in total. The molecule has 1 aliphatic heterocycles. The summed E-state index contributed by atoms with van der Waals surface area (Å²) in [5.41, 5.74) is 0.246. The van der Waals surface area contributed by atoms with E-state index >= 15 is 0 Å². The second-order valence-corrected chi connectivity index (χ2v) is 6.21. The minimum atomic E-state index is -0.258. The summed E-state index contributed by atoms with van der Waals surface area (Å²) in [5, 5.41) is 0.754. The molecule has 0 aliphatic carbocycles. The van der Waals surface area contributed by atoms with E-state index < -0.39 is 0 Å². The van der Waals surface area contributed by atoms with Gasteiger partial charge in [-0.05, 0) is 26.0 Å². The van der Waals surface area contributed by atoms with E-state index in [4.69, 9.17) is 13.6 Å². The second kappa shape index (κ2) is 5.49. The normalized spacial score (nSPS) is 21.5. The number of hydrogen-bond acceptors (Lipinski definition) is 5. The number of fused-ring (bicyclic) bond motifs is 2. The van der Waals surface area contributed by atoms with E-state index in [2.05, 4.69) is 0 Å². The molecule has 0 spiro atoms. The predicted molar refractivity (Wildman–Crippen MR) is 88.2 cm³/mol. The predicted octanol–water partition coefficient (Wildman–Crippen LogP) is 2.79. The highest BCUT2D eigenvalue weighted by Crippen LogP contribution is 2.23. The molecule has 3 heterocycles. The lowest BCUT2D eigenvalue weighted by Crippen LogP contribution is -2.48. The monoisotopic (exact) mass is 327 g/mol. The molecular formula is C18H17NO5. The van der Waals surface area contributed by atoms with E-state index in [9.17, 15) is 9.59 Å². The van der Waals surface area contributed by atoms with Crippen LogP contribution in [-0.4, -0.2) is 36.1 Å². The summed E-state index contributed by atoms with van der Waals surface area (Å²) in [5.74, 6) is -0.0641. The van der Waals surface area contributed by atoms with Crippen LogP contribution in [0.25, 0.3) is 22.1 Å². The molecule has 0 saturated carbocycles. The first-order chi connectivity index (χ1) is 11.5. The van der Waals surface area contributed by atoms with Gasteiger partial charge in [0.15, 0.2) is 5.76 Å². The van der Waals surface area contributed by atoms with Gasteiger partial charge in [-0.15, -0.1) is 0 Å². The highest BCUT2D eigenvalue weighted by molar-refractivity contribution is 5.97. The van der Waals surface area contributed by atoms with Gasteiger partial charge in [-0.2, -0.15) is 0 Å². The number of ether oxygens (including phenoxy) is 1. The minimum absolute atomic E-state index is 0.0376. The van der Waals surface area contributed by atoms with Crippen molar-refractivity contribution in [3.05, 3.63) is 46.3 Å². The van der Waals surface area contributed by atoms with E-state index in [0.717, 1.165) is 0 Å². The molecule has 2 unspecified atom stereocenters. The molecule has 24 heavy (non-hydrogen) atoms. The van der Waals surface area contributed by atoms with Gasteiger partial charge in [0.2, 0.25) is 5.43 Å². The van der Waals surface area contributed by atoms with Crippen molar-refractivity contribution in [1.29, 1.82) is 0 Å². The smallest absolute Gasteiger partial charge is 0.302 e. The number of carbonyl (C=O) groups is 1. The zero-order chi connectivity index (χ0) is 16.8. The number of nitrogens with zero attached hydrogens (tertiary/aromatic N) is 1. The quantitative estimate of drug-likeness (QED) is 0.687. The van der Waals surface area contributed by atoms with Crippen molar-refractivity contribution in [3.63, 3.8) is 0 Å². The highest BCUT2D eigenvalue weighted by atomic mass is 16.5. The Bertz CT molecular complexity index is 976. The van der Waals surface area contributed by atoms with Gasteiger partial charge < -0.3 is 18.5 Å². The first-order valence-electron chi connectivity index (χ1n) is 7.93. The summed E-state index contributed by atoms with van der Waals surface area (Å²) < 4.78 is 16.8. The van der Waals surface area contributed by atoms with Crippen LogP contribution in [0.2, 0.25) is 0 Å². The maximum atomic E-state index is 12.7. The number of amides is 1. The molecule has 1 amide bonds. The zero-order valence-electron chi connectivity index (χ0n) is 13.4. The van der Waals surface area contributed by atoms with Gasteiger partial charge in [0.05, 0.1) is 17.6 Å². The standard InChI is InChI=1S/C18H17NO5/c1-10-8-19(9-11(2)22-10)17(21)15-7-13-16(20)12-5-3-4-6-14(12)23-18(13)24-15/h3-7,10-11H,8-9H2,1-2H3. The summed E-state index contributed by atoms with van der Waals surface area (Å²) in [4.78, 5) is 26.9. The Kier molecular flexibility index (Phi) is 3.42. The molecule has 2 aromatic heterocycles. The maximum Gasteiger partial charge on any atom is 0.302 e. The third-order valence-corrected chi connectivity index (χ3v) is 4.19. The Hall–Kier alpha value is -2.60. The number of morpholine rings is 1. The van der Waals surface area contributed by atoms with E-state index in [1.165, 1.54) is 6.07 Å². The van der Waals surface area contributed by atoms with Gasteiger partial charge in [-0.3, -0.25) is 9.59 Å². The fourth-order valence-corrected chi connectivity index (χ4v) is 3.20. The fraction of sp³-hybridized carbons (Fsp3) is 0.333. The molecule has 0 radical (unpaired) electrons. The third kappa shape index (κ3) is 2.39.